The molecule has 0 saturated carbocycles. The highest BCUT2D eigenvalue weighted by atomic mass is 15.2. The van der Waals surface area contributed by atoms with Crippen LogP contribution in [0.3, 0.4) is 0 Å². The zero-order valence-electron chi connectivity index (χ0n) is 10.7. The maximum absolute atomic E-state index is 5.26. The van der Waals surface area contributed by atoms with E-state index in [1.807, 2.05) is 0 Å². The zero-order valence-corrected chi connectivity index (χ0v) is 10.7. The lowest BCUT2D eigenvalue weighted by atomic mass is 10.1. The molecule has 92 valence electrons. The fourth-order valence-corrected chi connectivity index (χ4v) is 2.38. The molecule has 1 aliphatic heterocycles. The van der Waals surface area contributed by atoms with E-state index in [9.17, 15) is 0 Å². The van der Waals surface area contributed by atoms with E-state index >= 15 is 0 Å². The third-order valence-electron chi connectivity index (χ3n) is 3.25. The molecule has 1 atom stereocenters. The lowest BCUT2D eigenvalue weighted by molar-refractivity contribution is 0.258. The first kappa shape index (κ1) is 13.5. The molecule has 2 nitrogen and oxygen atoms in total. The van der Waals surface area contributed by atoms with Crippen LogP contribution in [0, 0.1) is 12.3 Å². The van der Waals surface area contributed by atoms with Crippen molar-refractivity contribution in [1.29, 1.82) is 0 Å². The average Bonchev–Trinajstić information content (AvgIpc) is 2.51. The number of nitrogens with zero attached hydrogens (tertiary/aromatic N) is 1. The minimum atomic E-state index is 0.708. The lowest BCUT2D eigenvalue weighted by Gasteiger charge is -2.23. The van der Waals surface area contributed by atoms with Crippen molar-refractivity contribution in [2.45, 2.75) is 51.5 Å². The maximum Gasteiger partial charge on any atom is 0.0194 e. The van der Waals surface area contributed by atoms with Crippen molar-refractivity contribution >= 4 is 0 Å². The highest BCUT2D eigenvalue weighted by molar-refractivity contribution is 4.83. The van der Waals surface area contributed by atoms with Gasteiger partial charge in [0.25, 0.3) is 0 Å². The Bertz CT molecular complexity index is 207. The van der Waals surface area contributed by atoms with Crippen LogP contribution in [0.15, 0.2) is 0 Å². The van der Waals surface area contributed by atoms with Crippen LogP contribution >= 0.6 is 0 Å². The van der Waals surface area contributed by atoms with Gasteiger partial charge in [0.2, 0.25) is 0 Å². The molecule has 1 rings (SSSR count). The van der Waals surface area contributed by atoms with Gasteiger partial charge in [-0.25, -0.2) is 0 Å². The van der Waals surface area contributed by atoms with Gasteiger partial charge < -0.3 is 10.2 Å². The molecule has 16 heavy (non-hydrogen) atoms. The minimum Gasteiger partial charge on any atom is -0.313 e. The molecule has 0 aromatic heterocycles. The van der Waals surface area contributed by atoms with Crippen LogP contribution in [-0.4, -0.2) is 37.1 Å². The monoisotopic (exact) mass is 222 g/mol. The van der Waals surface area contributed by atoms with E-state index in [2.05, 4.69) is 23.1 Å². The molecular formula is C14H26N2. The molecule has 0 amide bonds. The van der Waals surface area contributed by atoms with Gasteiger partial charge in [-0.2, -0.15) is 0 Å². The van der Waals surface area contributed by atoms with Crippen LogP contribution in [0.1, 0.15) is 45.4 Å². The van der Waals surface area contributed by atoms with Gasteiger partial charge in [0, 0.05) is 19.0 Å². The van der Waals surface area contributed by atoms with Crippen molar-refractivity contribution in [2.75, 3.05) is 26.2 Å². The van der Waals surface area contributed by atoms with Crippen LogP contribution in [-0.2, 0) is 0 Å². The van der Waals surface area contributed by atoms with E-state index in [0.29, 0.717) is 6.04 Å². The summed E-state index contributed by atoms with van der Waals surface area (Å²) in [5.74, 6) is 2.72. The maximum atomic E-state index is 5.26. The Morgan fingerprint density at radius 1 is 1.44 bits per heavy atom. The molecule has 1 fully saturated rings. The van der Waals surface area contributed by atoms with Gasteiger partial charge in [0.1, 0.15) is 0 Å². The molecule has 0 aromatic carbocycles. The predicted molar refractivity (Wildman–Crippen MR) is 70.4 cm³/mol. The Hall–Kier alpha value is -0.520. The lowest BCUT2D eigenvalue weighted by Crippen LogP contribution is -2.37. The number of terminal acetylenes is 1. The van der Waals surface area contributed by atoms with Crippen LogP contribution in [0.5, 0.6) is 0 Å². The van der Waals surface area contributed by atoms with Crippen molar-refractivity contribution in [2.24, 2.45) is 0 Å². The Labute approximate surface area is 101 Å². The third kappa shape index (κ3) is 5.53. The number of unbranched alkanes of at least 4 members (excludes halogenated alkanes) is 2. The Morgan fingerprint density at radius 2 is 2.31 bits per heavy atom. The zero-order chi connectivity index (χ0) is 11.6. The third-order valence-corrected chi connectivity index (χ3v) is 3.25. The summed E-state index contributed by atoms with van der Waals surface area (Å²) in [7, 11) is 0. The number of rotatable bonds is 6. The summed E-state index contributed by atoms with van der Waals surface area (Å²) in [6.45, 7) is 7.16. The van der Waals surface area contributed by atoms with Crippen molar-refractivity contribution in [3.05, 3.63) is 0 Å². The summed E-state index contributed by atoms with van der Waals surface area (Å²) in [6, 6.07) is 0.708. The van der Waals surface area contributed by atoms with Gasteiger partial charge >= 0.3 is 0 Å². The van der Waals surface area contributed by atoms with Crippen molar-refractivity contribution < 1.29 is 0 Å². The first-order chi connectivity index (χ1) is 7.86. The van der Waals surface area contributed by atoms with Crippen molar-refractivity contribution in [3.63, 3.8) is 0 Å². The summed E-state index contributed by atoms with van der Waals surface area (Å²) in [6.07, 6.45) is 12.5. The minimum absolute atomic E-state index is 0.708. The Kier molecular flexibility index (Phi) is 7.29. The van der Waals surface area contributed by atoms with Gasteiger partial charge in [-0.15, -0.1) is 12.3 Å². The smallest absolute Gasteiger partial charge is 0.0194 e. The molecule has 0 aromatic rings. The van der Waals surface area contributed by atoms with E-state index in [-0.39, 0.29) is 0 Å². The summed E-state index contributed by atoms with van der Waals surface area (Å²) < 4.78 is 0. The Morgan fingerprint density at radius 3 is 3.06 bits per heavy atom. The van der Waals surface area contributed by atoms with Gasteiger partial charge in [0.15, 0.2) is 0 Å². The summed E-state index contributed by atoms with van der Waals surface area (Å²) in [5, 5.41) is 3.64. The van der Waals surface area contributed by atoms with E-state index in [1.54, 1.807) is 0 Å². The second kappa shape index (κ2) is 8.61. The largest absolute Gasteiger partial charge is 0.313 e. The quantitative estimate of drug-likeness (QED) is 0.548. The van der Waals surface area contributed by atoms with Crippen molar-refractivity contribution in [3.8, 4) is 12.3 Å². The summed E-state index contributed by atoms with van der Waals surface area (Å²) in [4.78, 5) is 2.61. The molecule has 1 heterocycles. The van der Waals surface area contributed by atoms with Crippen LogP contribution in [0.4, 0.5) is 0 Å². The molecule has 0 spiro atoms. The van der Waals surface area contributed by atoms with E-state index in [0.717, 1.165) is 6.42 Å². The number of hydrogen-bond acceptors (Lipinski definition) is 2. The topological polar surface area (TPSA) is 15.3 Å². The van der Waals surface area contributed by atoms with Gasteiger partial charge in [-0.1, -0.05) is 13.3 Å². The summed E-state index contributed by atoms with van der Waals surface area (Å²) >= 11 is 0. The van der Waals surface area contributed by atoms with Gasteiger partial charge in [-0.05, 0) is 45.3 Å². The first-order valence-corrected chi connectivity index (χ1v) is 6.76. The normalized spacial score (nSPS) is 22.6. The fraction of sp³-hybridized carbons (Fsp3) is 0.857. The molecule has 0 aliphatic carbocycles. The van der Waals surface area contributed by atoms with Crippen LogP contribution in [0.25, 0.3) is 0 Å². The standard InChI is InChI=1S/C14H26N2/c1-3-5-6-7-11-16-12-8-10-15-14(13-16)9-4-2/h1,14-15H,4-13H2,2H3. The summed E-state index contributed by atoms with van der Waals surface area (Å²) in [5.41, 5.74) is 0. The highest BCUT2D eigenvalue weighted by Gasteiger charge is 2.15. The molecule has 1 saturated heterocycles. The second-order valence-corrected chi connectivity index (χ2v) is 4.76. The second-order valence-electron chi connectivity index (χ2n) is 4.76. The number of nitrogens with one attached hydrogen (secondary N) is 1. The van der Waals surface area contributed by atoms with Gasteiger partial charge in [0.05, 0.1) is 0 Å². The van der Waals surface area contributed by atoms with E-state index < -0.39 is 0 Å². The van der Waals surface area contributed by atoms with Crippen LogP contribution in [0.2, 0.25) is 0 Å². The highest BCUT2D eigenvalue weighted by Crippen LogP contribution is 2.07. The SMILES string of the molecule is C#CCCCCN1CCCNC(CCC)C1. The molecule has 2 heteroatoms. The van der Waals surface area contributed by atoms with Gasteiger partial charge in [-0.3, -0.25) is 0 Å². The molecule has 1 aliphatic rings. The predicted octanol–water partition coefficient (Wildman–Crippen LogP) is 2.25. The number of hydrogen-bond donors (Lipinski definition) is 1. The van der Waals surface area contributed by atoms with Crippen LogP contribution < -0.4 is 5.32 Å². The molecule has 0 bridgehead atoms. The molecule has 1 unspecified atom stereocenters. The first-order valence-electron chi connectivity index (χ1n) is 6.76. The fourth-order valence-electron chi connectivity index (χ4n) is 2.38. The molecular weight excluding hydrogens is 196 g/mol. The Balaban J connectivity index is 2.20. The average molecular weight is 222 g/mol. The van der Waals surface area contributed by atoms with Crippen molar-refractivity contribution in [1.82, 2.24) is 10.2 Å². The van der Waals surface area contributed by atoms with E-state index in [4.69, 9.17) is 6.42 Å². The molecule has 0 radical (unpaired) electrons. The van der Waals surface area contributed by atoms with E-state index in [1.165, 1.54) is 58.3 Å². The molecule has 1 N–H and O–H groups in total.